The predicted molar refractivity (Wildman–Crippen MR) is 208 cm³/mol. The summed E-state index contributed by atoms with van der Waals surface area (Å²) in [7, 11) is 0. The molecule has 0 bridgehead atoms. The largest absolute Gasteiger partial charge is 0.446 e. The summed E-state index contributed by atoms with van der Waals surface area (Å²) in [6.07, 6.45) is 3.18. The van der Waals surface area contributed by atoms with Crippen LogP contribution in [0.25, 0.3) is 16.7 Å². The number of benzene rings is 2. The van der Waals surface area contributed by atoms with Crippen LogP contribution in [0.5, 0.6) is 0 Å². The molecule has 2 heterocycles. The number of thioether (sulfide) groups is 1. The molecular weight excluding hydrogens is 690 g/mol. The number of nitrogens with two attached hydrogens (primary N) is 4. The number of alkyl halides is 3. The Kier molecular flexibility index (Phi) is 14.0. The van der Waals surface area contributed by atoms with Crippen molar-refractivity contribution in [3.63, 3.8) is 0 Å². The van der Waals surface area contributed by atoms with E-state index in [1.807, 2.05) is 64.2 Å². The molecule has 0 aliphatic heterocycles. The third kappa shape index (κ3) is 13.2. The van der Waals surface area contributed by atoms with Gasteiger partial charge in [-0.1, -0.05) is 59.7 Å². The Hall–Kier alpha value is -4.50. The van der Waals surface area contributed by atoms with E-state index in [1.165, 1.54) is 0 Å². The summed E-state index contributed by atoms with van der Waals surface area (Å²) < 4.78 is 39.5. The second-order valence-electron chi connectivity index (χ2n) is 14.8. The Labute approximate surface area is 308 Å². The van der Waals surface area contributed by atoms with E-state index in [9.17, 15) is 18.0 Å². The molecule has 2 aromatic heterocycles. The molecule has 0 fully saturated rings. The molecule has 4 rings (SSSR count). The van der Waals surface area contributed by atoms with Crippen LogP contribution >= 0.6 is 11.8 Å². The maximum absolute atomic E-state index is 12.6. The van der Waals surface area contributed by atoms with E-state index in [2.05, 4.69) is 59.0 Å². The van der Waals surface area contributed by atoms with Crippen LogP contribution in [0.1, 0.15) is 90.2 Å². The highest BCUT2D eigenvalue weighted by atomic mass is 32.2. The van der Waals surface area contributed by atoms with E-state index in [-0.39, 0.29) is 57.2 Å². The van der Waals surface area contributed by atoms with E-state index in [1.54, 1.807) is 16.7 Å². The summed E-state index contributed by atoms with van der Waals surface area (Å²) in [6, 6.07) is 15.0. The van der Waals surface area contributed by atoms with Crippen molar-refractivity contribution in [3.05, 3.63) is 87.6 Å². The average molecular weight is 743 g/mol. The van der Waals surface area contributed by atoms with Gasteiger partial charge in [-0.25, -0.2) is 4.79 Å². The van der Waals surface area contributed by atoms with Crippen molar-refractivity contribution < 1.29 is 13.2 Å². The zero-order chi connectivity index (χ0) is 39.0. The molecule has 0 aliphatic carbocycles. The quantitative estimate of drug-likeness (QED) is 0.0458. The summed E-state index contributed by atoms with van der Waals surface area (Å²) in [6.45, 7) is 17.6. The lowest BCUT2D eigenvalue weighted by Gasteiger charge is -2.22. The van der Waals surface area contributed by atoms with Crippen LogP contribution in [0.15, 0.2) is 74.4 Å². The number of fused-ring (bicyclic) bond motifs is 1. The molecule has 15 heteroatoms. The minimum atomic E-state index is -4.31. The lowest BCUT2D eigenvalue weighted by atomic mass is 9.85. The fourth-order valence-corrected chi connectivity index (χ4v) is 5.94. The van der Waals surface area contributed by atoms with Gasteiger partial charge < -0.3 is 33.2 Å². The number of guanidine groups is 2. The molecule has 0 saturated heterocycles. The van der Waals surface area contributed by atoms with Gasteiger partial charge in [-0.3, -0.25) is 14.6 Å². The predicted octanol–water partition coefficient (Wildman–Crippen LogP) is 6.13. The molecule has 0 saturated carbocycles. The SMILES string of the molecule is C[C@@H](Cc1cc(SC(F)(F)F)cc(C(C)(C)C)c1)N=C(N)N.C[C@H](NCCCN=C(N)N)c1ccc(-n2cc3cc(C(C)(C)C)[nH]c3nc2=O)cc1. The molecule has 11 nitrogen and oxygen atoms in total. The Balaban J connectivity index is 0.000000295. The van der Waals surface area contributed by atoms with Crippen LogP contribution in [0.4, 0.5) is 13.2 Å². The van der Waals surface area contributed by atoms with Crippen LogP contribution in [-0.2, 0) is 17.3 Å². The summed E-state index contributed by atoms with van der Waals surface area (Å²) in [5.74, 6) is 0.0974. The van der Waals surface area contributed by atoms with Gasteiger partial charge in [0.2, 0.25) is 0 Å². The van der Waals surface area contributed by atoms with Crippen molar-refractivity contribution in [1.29, 1.82) is 0 Å². The first-order valence-electron chi connectivity index (χ1n) is 17.0. The van der Waals surface area contributed by atoms with Gasteiger partial charge in [-0.2, -0.15) is 18.2 Å². The second-order valence-corrected chi connectivity index (χ2v) is 16.0. The highest BCUT2D eigenvalue weighted by Gasteiger charge is 2.30. The molecule has 4 aromatic rings. The fourth-order valence-electron chi connectivity index (χ4n) is 5.28. The number of H-pyrrole nitrogens is 1. The Morgan fingerprint density at radius 1 is 0.942 bits per heavy atom. The first-order valence-corrected chi connectivity index (χ1v) is 17.8. The summed E-state index contributed by atoms with van der Waals surface area (Å²) in [5.41, 5.74) is 21.7. The molecule has 0 amide bonds. The zero-order valence-corrected chi connectivity index (χ0v) is 32.0. The normalized spacial score (nSPS) is 13.2. The minimum absolute atomic E-state index is 0.0237. The van der Waals surface area contributed by atoms with Gasteiger partial charge in [0.15, 0.2) is 11.9 Å². The van der Waals surface area contributed by atoms with Crippen molar-refractivity contribution in [3.8, 4) is 5.69 Å². The highest BCUT2D eigenvalue weighted by Crippen LogP contribution is 2.39. The first kappa shape index (κ1) is 41.9. The van der Waals surface area contributed by atoms with Gasteiger partial charge in [-0.15, -0.1) is 0 Å². The Morgan fingerprint density at radius 3 is 2.15 bits per heavy atom. The molecule has 2 aromatic carbocycles. The maximum atomic E-state index is 12.6. The number of hydrogen-bond donors (Lipinski definition) is 6. The topological polar surface area (TPSA) is 192 Å². The second kappa shape index (κ2) is 17.3. The average Bonchev–Trinajstić information content (AvgIpc) is 3.42. The van der Waals surface area contributed by atoms with Gasteiger partial charge in [0.25, 0.3) is 0 Å². The van der Waals surface area contributed by atoms with Gasteiger partial charge in [0.1, 0.15) is 5.65 Å². The smallest absolute Gasteiger partial charge is 0.370 e. The summed E-state index contributed by atoms with van der Waals surface area (Å²) >= 11 is -0.0990. The number of aromatic nitrogens is 3. The van der Waals surface area contributed by atoms with E-state index in [0.717, 1.165) is 46.4 Å². The van der Waals surface area contributed by atoms with Crippen molar-refractivity contribution in [2.24, 2.45) is 32.9 Å². The maximum Gasteiger partial charge on any atom is 0.446 e. The lowest BCUT2D eigenvalue weighted by Crippen LogP contribution is -2.25. The molecule has 0 radical (unpaired) electrons. The number of aromatic amines is 1. The highest BCUT2D eigenvalue weighted by molar-refractivity contribution is 8.00. The van der Waals surface area contributed by atoms with Crippen molar-refractivity contribution in [1.82, 2.24) is 19.9 Å². The summed E-state index contributed by atoms with van der Waals surface area (Å²) in [4.78, 5) is 28.2. The van der Waals surface area contributed by atoms with E-state index in [4.69, 9.17) is 22.9 Å². The molecule has 0 aliphatic rings. The molecule has 52 heavy (non-hydrogen) atoms. The van der Waals surface area contributed by atoms with E-state index >= 15 is 0 Å². The third-order valence-electron chi connectivity index (χ3n) is 8.03. The van der Waals surface area contributed by atoms with Crippen LogP contribution in [-0.4, -0.2) is 51.1 Å². The standard InChI is InChI=1S/C22H31N7O.C15H22F3N3S/c1-14(25-10-5-11-26-20(23)24)15-6-8-17(9-7-15)29-13-16-12-18(22(2,3)4)27-19(16)28-21(29)30;1-9(21-13(19)20)5-10-6-11(14(2,3)4)8-12(7-10)22-15(16,17)18/h6-9,12-14,25H,5,10-11H2,1-4H3,(H4,23,24,26)(H,27,28,30);6-9H,5H2,1-4H3,(H4,19,20,21)/t14-;9-/m00/s1. The van der Waals surface area contributed by atoms with Crippen molar-refractivity contribution >= 4 is 34.7 Å². The van der Waals surface area contributed by atoms with Crippen LogP contribution in [0, 0.1) is 0 Å². The van der Waals surface area contributed by atoms with Crippen LogP contribution in [0.2, 0.25) is 0 Å². The van der Waals surface area contributed by atoms with E-state index in [0.29, 0.717) is 18.6 Å². The fraction of sp³-hybridized carbons (Fsp3) is 0.459. The zero-order valence-electron chi connectivity index (χ0n) is 31.2. The number of rotatable bonds is 11. The number of nitrogens with one attached hydrogen (secondary N) is 2. The van der Waals surface area contributed by atoms with E-state index < -0.39 is 5.51 Å². The number of aliphatic imine (C=N–C) groups is 2. The minimum Gasteiger partial charge on any atom is -0.370 e. The molecule has 0 unspecified atom stereocenters. The lowest BCUT2D eigenvalue weighted by molar-refractivity contribution is -0.0328. The van der Waals surface area contributed by atoms with Crippen LogP contribution in [0.3, 0.4) is 0 Å². The molecule has 0 spiro atoms. The molecular formula is C37H53F3N10OS. The first-order chi connectivity index (χ1) is 24.0. The van der Waals surface area contributed by atoms with Gasteiger partial charge in [0.05, 0.1) is 11.7 Å². The van der Waals surface area contributed by atoms with Crippen molar-refractivity contribution in [2.75, 3.05) is 13.1 Å². The number of nitrogens with zero attached hydrogens (tertiary/aromatic N) is 4. The van der Waals surface area contributed by atoms with Gasteiger partial charge >= 0.3 is 11.2 Å². The third-order valence-corrected chi connectivity index (χ3v) is 8.74. The van der Waals surface area contributed by atoms with Crippen LogP contribution < -0.4 is 33.9 Å². The van der Waals surface area contributed by atoms with Crippen molar-refractivity contribution in [2.45, 2.75) is 102 Å². The Bertz CT molecular complexity index is 1890. The molecule has 2 atom stereocenters. The molecule has 284 valence electrons. The molecule has 10 N–H and O–H groups in total. The van der Waals surface area contributed by atoms with Gasteiger partial charge in [0, 0.05) is 40.2 Å². The Morgan fingerprint density at radius 2 is 1.60 bits per heavy atom. The monoisotopic (exact) mass is 742 g/mol. The van der Waals surface area contributed by atoms with Gasteiger partial charge in [-0.05, 0) is 97.4 Å². The number of hydrogen-bond acceptors (Lipinski definition) is 6. The number of halogens is 3. The summed E-state index contributed by atoms with van der Waals surface area (Å²) in [5, 5.41) is 4.36.